The van der Waals surface area contributed by atoms with Crippen LogP contribution in [0.15, 0.2) is 102 Å². The molecule has 0 radical (unpaired) electrons. The van der Waals surface area contributed by atoms with Crippen LogP contribution in [0.1, 0.15) is 21.5 Å². The molecule has 4 rings (SSSR count). The highest BCUT2D eigenvalue weighted by Crippen LogP contribution is 2.34. The maximum Gasteiger partial charge on any atom is 0.416 e. The van der Waals surface area contributed by atoms with Gasteiger partial charge >= 0.3 is 6.18 Å². The Balaban J connectivity index is 1.45. The molecule has 13 heteroatoms. The zero-order valence-corrected chi connectivity index (χ0v) is 26.0. The lowest BCUT2D eigenvalue weighted by molar-refractivity contribution is -0.137. The van der Waals surface area contributed by atoms with Gasteiger partial charge in [-0.05, 0) is 78.9 Å². The summed E-state index contributed by atoms with van der Waals surface area (Å²) in [7, 11) is 2.98. The first-order valence-electron chi connectivity index (χ1n) is 13.5. The normalized spacial score (nSPS) is 11.4. The molecule has 0 aromatic heterocycles. The number of nitrogens with one attached hydrogen (secondary N) is 3. The van der Waals surface area contributed by atoms with Crippen LogP contribution in [0.3, 0.4) is 0 Å². The number of hydrogen-bond acceptors (Lipinski definition) is 6. The predicted octanol–water partition coefficient (Wildman–Crippen LogP) is 7.52. The van der Waals surface area contributed by atoms with Gasteiger partial charge in [0.2, 0.25) is 5.91 Å². The van der Waals surface area contributed by atoms with Crippen LogP contribution in [-0.2, 0) is 15.8 Å². The number of benzene rings is 4. The summed E-state index contributed by atoms with van der Waals surface area (Å²) >= 11 is 7.09. The van der Waals surface area contributed by atoms with Crippen LogP contribution in [0.5, 0.6) is 11.5 Å². The molecule has 0 aliphatic carbocycles. The molecule has 0 unspecified atom stereocenters. The molecule has 4 aromatic rings. The van der Waals surface area contributed by atoms with Crippen LogP contribution in [0.2, 0.25) is 5.02 Å². The van der Waals surface area contributed by atoms with Gasteiger partial charge in [-0.3, -0.25) is 14.4 Å². The third kappa shape index (κ3) is 9.29. The van der Waals surface area contributed by atoms with Gasteiger partial charge in [-0.2, -0.15) is 13.2 Å². The Labute approximate surface area is 271 Å². The van der Waals surface area contributed by atoms with E-state index < -0.39 is 29.5 Å². The van der Waals surface area contributed by atoms with Gasteiger partial charge in [-0.15, -0.1) is 11.8 Å². The summed E-state index contributed by atoms with van der Waals surface area (Å²) in [6, 6.07) is 22.6. The van der Waals surface area contributed by atoms with Crippen molar-refractivity contribution in [2.24, 2.45) is 0 Å². The number of amides is 3. The number of anilines is 2. The van der Waals surface area contributed by atoms with Gasteiger partial charge < -0.3 is 25.4 Å². The highest BCUT2D eigenvalue weighted by Gasteiger charge is 2.31. The largest absolute Gasteiger partial charge is 0.497 e. The highest BCUT2D eigenvalue weighted by atomic mass is 35.5. The summed E-state index contributed by atoms with van der Waals surface area (Å²) in [6.07, 6.45) is -3.11. The number of methoxy groups -OCH3 is 2. The summed E-state index contributed by atoms with van der Waals surface area (Å²) in [5, 5.41) is 7.78. The van der Waals surface area contributed by atoms with E-state index >= 15 is 0 Å². The lowest BCUT2D eigenvalue weighted by atomic mass is 10.1. The quantitative estimate of drug-likeness (QED) is 0.113. The molecule has 0 fully saturated rings. The second kappa shape index (κ2) is 15.4. The molecule has 46 heavy (non-hydrogen) atoms. The maximum atomic E-state index is 13.4. The number of alkyl halides is 3. The van der Waals surface area contributed by atoms with Crippen molar-refractivity contribution in [2.75, 3.05) is 30.6 Å². The molecular formula is C33H27ClF3N3O5S. The van der Waals surface area contributed by atoms with Crippen LogP contribution in [0, 0.1) is 0 Å². The number of halogens is 4. The minimum atomic E-state index is -4.58. The maximum absolute atomic E-state index is 13.4. The monoisotopic (exact) mass is 669 g/mol. The van der Waals surface area contributed by atoms with Crippen molar-refractivity contribution in [1.29, 1.82) is 0 Å². The summed E-state index contributed by atoms with van der Waals surface area (Å²) in [5.41, 5.74) is 0.0832. The summed E-state index contributed by atoms with van der Waals surface area (Å²) < 4.78 is 49.8. The zero-order chi connectivity index (χ0) is 33.3. The standard InChI is InChI=1S/C33H27ClF3N3O5S/c1-44-24-11-15-29(45-2)21(16-24)17-28(40-31(42)20-6-4-3-5-7-20)32(43)38-23-9-12-25(13-10-23)46-19-30(41)39-27-18-22(33(35,36)37)8-14-26(27)34/h3-18H,19H2,1-2H3,(H,38,43)(H,39,41)(H,40,42)/b28-17-. The number of rotatable bonds is 11. The number of hydrogen-bond donors (Lipinski definition) is 3. The Kier molecular flexibility index (Phi) is 11.3. The van der Waals surface area contributed by atoms with E-state index in [0.29, 0.717) is 33.2 Å². The van der Waals surface area contributed by atoms with E-state index in [1.807, 2.05) is 0 Å². The molecule has 0 spiro atoms. The van der Waals surface area contributed by atoms with E-state index in [-0.39, 0.29) is 22.2 Å². The average Bonchev–Trinajstić information content (AvgIpc) is 3.04. The van der Waals surface area contributed by atoms with E-state index in [0.717, 1.165) is 30.0 Å². The zero-order valence-electron chi connectivity index (χ0n) is 24.4. The number of thioether (sulfide) groups is 1. The van der Waals surface area contributed by atoms with E-state index in [1.165, 1.54) is 20.3 Å². The Bertz CT molecular complexity index is 1750. The van der Waals surface area contributed by atoms with E-state index in [2.05, 4.69) is 16.0 Å². The van der Waals surface area contributed by atoms with Crippen molar-refractivity contribution in [3.63, 3.8) is 0 Å². The highest BCUT2D eigenvalue weighted by molar-refractivity contribution is 8.00. The van der Waals surface area contributed by atoms with Crippen molar-refractivity contribution < 1.29 is 37.0 Å². The molecule has 8 nitrogen and oxygen atoms in total. The second-order valence-electron chi connectivity index (χ2n) is 9.49. The minimum Gasteiger partial charge on any atom is -0.497 e. The fourth-order valence-corrected chi connectivity index (χ4v) is 4.88. The summed E-state index contributed by atoms with van der Waals surface area (Å²) in [4.78, 5) is 39.5. The first-order chi connectivity index (χ1) is 22.0. The van der Waals surface area contributed by atoms with Gasteiger partial charge in [-0.1, -0.05) is 29.8 Å². The molecule has 3 amide bonds. The number of ether oxygens (including phenoxy) is 2. The van der Waals surface area contributed by atoms with Crippen LogP contribution in [-0.4, -0.2) is 37.7 Å². The van der Waals surface area contributed by atoms with E-state index in [1.54, 1.807) is 72.8 Å². The van der Waals surface area contributed by atoms with Crippen molar-refractivity contribution in [2.45, 2.75) is 11.1 Å². The first kappa shape index (κ1) is 33.9. The predicted molar refractivity (Wildman–Crippen MR) is 172 cm³/mol. The van der Waals surface area contributed by atoms with Gasteiger partial charge in [0, 0.05) is 21.7 Å². The van der Waals surface area contributed by atoms with Crippen LogP contribution >= 0.6 is 23.4 Å². The van der Waals surface area contributed by atoms with Crippen LogP contribution in [0.25, 0.3) is 6.08 Å². The molecule has 0 bridgehead atoms. The fraction of sp³-hybridized carbons (Fsp3) is 0.121. The van der Waals surface area contributed by atoms with Gasteiger partial charge in [0.1, 0.15) is 17.2 Å². The van der Waals surface area contributed by atoms with E-state index in [9.17, 15) is 27.6 Å². The Morgan fingerprint density at radius 3 is 2.24 bits per heavy atom. The number of carbonyl (C=O) groups excluding carboxylic acids is 3. The van der Waals surface area contributed by atoms with Gasteiger partial charge in [-0.25, -0.2) is 0 Å². The van der Waals surface area contributed by atoms with Gasteiger partial charge in [0.25, 0.3) is 11.8 Å². The fourth-order valence-electron chi connectivity index (χ4n) is 4.02. The third-order valence-electron chi connectivity index (χ3n) is 6.32. The Morgan fingerprint density at radius 1 is 0.870 bits per heavy atom. The number of carbonyl (C=O) groups is 3. The van der Waals surface area contributed by atoms with Crippen molar-refractivity contribution >= 4 is 58.5 Å². The van der Waals surface area contributed by atoms with E-state index in [4.69, 9.17) is 21.1 Å². The summed E-state index contributed by atoms with van der Waals surface area (Å²) in [5.74, 6) is -0.826. The summed E-state index contributed by atoms with van der Waals surface area (Å²) in [6.45, 7) is 0. The van der Waals surface area contributed by atoms with Crippen molar-refractivity contribution in [3.8, 4) is 11.5 Å². The van der Waals surface area contributed by atoms with Crippen LogP contribution < -0.4 is 25.4 Å². The van der Waals surface area contributed by atoms with Crippen molar-refractivity contribution in [3.05, 3.63) is 118 Å². The topological polar surface area (TPSA) is 106 Å². The lowest BCUT2D eigenvalue weighted by Crippen LogP contribution is -2.30. The van der Waals surface area contributed by atoms with Crippen molar-refractivity contribution in [1.82, 2.24) is 5.32 Å². The Hall–Kier alpha value is -4.94. The molecule has 0 heterocycles. The van der Waals surface area contributed by atoms with Crippen LogP contribution in [0.4, 0.5) is 24.5 Å². The molecule has 0 aliphatic heterocycles. The third-order valence-corrected chi connectivity index (χ3v) is 7.66. The molecule has 0 saturated carbocycles. The van der Waals surface area contributed by atoms with Gasteiger partial charge in [0.15, 0.2) is 0 Å². The molecule has 0 aliphatic rings. The molecule has 0 saturated heterocycles. The minimum absolute atomic E-state index is 0.0235. The molecule has 0 atom stereocenters. The molecule has 3 N–H and O–H groups in total. The SMILES string of the molecule is COc1ccc(OC)c(/C=C(\NC(=O)c2ccccc2)C(=O)Nc2ccc(SCC(=O)Nc3cc(C(F)(F)F)ccc3Cl)cc2)c1. The Morgan fingerprint density at radius 2 is 1.59 bits per heavy atom. The molecule has 238 valence electrons. The van der Waals surface area contributed by atoms with Gasteiger partial charge in [0.05, 0.1) is 36.2 Å². The first-order valence-corrected chi connectivity index (χ1v) is 14.8. The average molecular weight is 670 g/mol. The second-order valence-corrected chi connectivity index (χ2v) is 10.9. The molecular weight excluding hydrogens is 643 g/mol. The molecule has 4 aromatic carbocycles. The lowest BCUT2D eigenvalue weighted by Gasteiger charge is -2.13. The smallest absolute Gasteiger partial charge is 0.416 e.